The molecular formula is C20H23N6+. The third kappa shape index (κ3) is 3.18. The lowest BCUT2D eigenvalue weighted by molar-refractivity contribution is -0.510. The number of benzene rings is 1. The Hall–Kier alpha value is -3.15. The number of aryl methyl sites for hydroxylation is 1. The predicted octanol–water partition coefficient (Wildman–Crippen LogP) is 2.18. The molecule has 1 aliphatic rings. The number of likely N-dealkylation sites (tertiary alicyclic amines) is 1. The van der Waals surface area contributed by atoms with Crippen LogP contribution < -0.4 is 10.1 Å². The maximum Gasteiger partial charge on any atom is 0.286 e. The van der Waals surface area contributed by atoms with E-state index >= 15 is 0 Å². The maximum absolute atomic E-state index is 5.95. The Bertz CT molecular complexity index is 962. The van der Waals surface area contributed by atoms with E-state index in [1.165, 1.54) is 12.8 Å². The molecule has 3 heterocycles. The second-order valence-corrected chi connectivity index (χ2v) is 6.56. The topological polar surface area (TPSA) is 63.0 Å². The molecule has 1 aromatic carbocycles. The third-order valence-corrected chi connectivity index (χ3v) is 4.84. The number of guanidine groups is 1. The molecule has 2 aromatic heterocycles. The van der Waals surface area contributed by atoms with Gasteiger partial charge in [0.25, 0.3) is 5.65 Å². The minimum Gasteiger partial charge on any atom is -0.368 e. The molecule has 0 aliphatic carbocycles. The fourth-order valence-corrected chi connectivity index (χ4v) is 3.35. The van der Waals surface area contributed by atoms with Crippen LogP contribution in [0.1, 0.15) is 18.4 Å². The highest BCUT2D eigenvalue weighted by atomic mass is 15.3. The zero-order chi connectivity index (χ0) is 17.9. The van der Waals surface area contributed by atoms with E-state index in [0.29, 0.717) is 5.96 Å². The van der Waals surface area contributed by atoms with Gasteiger partial charge in [-0.25, -0.2) is 8.97 Å². The molecule has 0 spiro atoms. The van der Waals surface area contributed by atoms with Gasteiger partial charge in [0.15, 0.2) is 5.69 Å². The molecule has 0 amide bonds. The first-order chi connectivity index (χ1) is 12.7. The molecular weight excluding hydrogens is 324 g/mol. The van der Waals surface area contributed by atoms with Crippen LogP contribution in [0.3, 0.4) is 0 Å². The molecule has 6 nitrogen and oxygen atoms in total. The van der Waals surface area contributed by atoms with Crippen molar-refractivity contribution in [3.8, 4) is 11.3 Å². The van der Waals surface area contributed by atoms with Gasteiger partial charge in [-0.1, -0.05) is 18.2 Å². The van der Waals surface area contributed by atoms with Crippen LogP contribution in [0.25, 0.3) is 16.9 Å². The molecule has 132 valence electrons. The monoisotopic (exact) mass is 347 g/mol. The van der Waals surface area contributed by atoms with Gasteiger partial charge in [-0.2, -0.15) is 5.10 Å². The van der Waals surface area contributed by atoms with E-state index in [2.05, 4.69) is 61.7 Å². The van der Waals surface area contributed by atoms with Crippen LogP contribution in [0, 0.1) is 0 Å². The number of nitrogens with two attached hydrogens (primary N) is 1. The molecule has 6 heteroatoms. The molecule has 26 heavy (non-hydrogen) atoms. The molecule has 2 N–H and O–H groups in total. The van der Waals surface area contributed by atoms with E-state index in [1.54, 1.807) is 6.21 Å². The fraction of sp³-hybridized carbons (Fsp3) is 0.250. The summed E-state index contributed by atoms with van der Waals surface area (Å²) in [6.45, 7) is 1.95. The van der Waals surface area contributed by atoms with Crippen molar-refractivity contribution < 1.29 is 4.40 Å². The smallest absolute Gasteiger partial charge is 0.286 e. The van der Waals surface area contributed by atoms with Crippen molar-refractivity contribution in [2.45, 2.75) is 12.8 Å². The van der Waals surface area contributed by atoms with Crippen LogP contribution in [0.15, 0.2) is 65.1 Å². The Balaban J connectivity index is 1.52. The molecule has 1 aliphatic heterocycles. The number of rotatable bonds is 3. The quantitative estimate of drug-likeness (QED) is 0.342. The lowest BCUT2D eigenvalue weighted by Gasteiger charge is -2.13. The average Bonchev–Trinajstić information content (AvgIpc) is 3.31. The van der Waals surface area contributed by atoms with E-state index in [0.717, 1.165) is 35.6 Å². The minimum atomic E-state index is 0.503. The van der Waals surface area contributed by atoms with Gasteiger partial charge in [-0.3, -0.25) is 0 Å². The minimum absolute atomic E-state index is 0.503. The maximum atomic E-state index is 5.95. The van der Waals surface area contributed by atoms with Crippen LogP contribution in [0.5, 0.6) is 0 Å². The largest absolute Gasteiger partial charge is 0.368 e. The number of hydrogen-bond donors (Lipinski definition) is 1. The molecule has 1 fully saturated rings. The third-order valence-electron chi connectivity index (χ3n) is 4.84. The van der Waals surface area contributed by atoms with Crippen LogP contribution >= 0.6 is 0 Å². The number of aromatic nitrogens is 2. The van der Waals surface area contributed by atoms with Crippen molar-refractivity contribution in [2.24, 2.45) is 23.0 Å². The first-order valence-electron chi connectivity index (χ1n) is 8.90. The van der Waals surface area contributed by atoms with Gasteiger partial charge in [0.2, 0.25) is 5.96 Å². The molecule has 0 saturated carbocycles. The summed E-state index contributed by atoms with van der Waals surface area (Å²) >= 11 is 0. The van der Waals surface area contributed by atoms with Crippen LogP contribution in [0.2, 0.25) is 0 Å². The van der Waals surface area contributed by atoms with Gasteiger partial charge < -0.3 is 10.6 Å². The van der Waals surface area contributed by atoms with Crippen molar-refractivity contribution in [1.29, 1.82) is 0 Å². The van der Waals surface area contributed by atoms with E-state index in [1.807, 2.05) is 24.3 Å². The standard InChI is InChI=1S/C20H23N6/c1-24-18(15-26-13-3-2-6-19(24)26)17-9-7-16(8-10-17)14-22-23-20(21)25-11-4-5-12-25/h2-3,6-10,13-15H,4-5,11-12H2,1H3,(H2,21,23)/q+1. The summed E-state index contributed by atoms with van der Waals surface area (Å²) in [5.41, 5.74) is 10.4. The molecule has 3 aromatic rings. The highest BCUT2D eigenvalue weighted by Gasteiger charge is 2.15. The van der Waals surface area contributed by atoms with Gasteiger partial charge >= 0.3 is 0 Å². The number of nitrogens with zero attached hydrogens (tertiary/aromatic N) is 5. The second kappa shape index (κ2) is 7.00. The molecule has 0 atom stereocenters. The number of pyridine rings is 1. The number of hydrogen-bond acceptors (Lipinski definition) is 2. The summed E-state index contributed by atoms with van der Waals surface area (Å²) < 4.78 is 4.31. The summed E-state index contributed by atoms with van der Waals surface area (Å²) in [6, 6.07) is 14.5. The number of imidazole rings is 1. The predicted molar refractivity (Wildman–Crippen MR) is 104 cm³/mol. The van der Waals surface area contributed by atoms with Gasteiger partial charge in [0.1, 0.15) is 6.20 Å². The van der Waals surface area contributed by atoms with Crippen LogP contribution in [-0.2, 0) is 7.05 Å². The highest BCUT2D eigenvalue weighted by molar-refractivity contribution is 5.83. The Labute approximate surface area is 152 Å². The summed E-state index contributed by atoms with van der Waals surface area (Å²) in [7, 11) is 2.08. The van der Waals surface area contributed by atoms with Crippen molar-refractivity contribution in [3.63, 3.8) is 0 Å². The first kappa shape index (κ1) is 16.3. The van der Waals surface area contributed by atoms with Crippen LogP contribution in [-0.4, -0.2) is 34.7 Å². The molecule has 0 bridgehead atoms. The van der Waals surface area contributed by atoms with E-state index < -0.39 is 0 Å². The van der Waals surface area contributed by atoms with E-state index in [4.69, 9.17) is 5.73 Å². The van der Waals surface area contributed by atoms with Gasteiger partial charge in [-0.15, -0.1) is 5.10 Å². The van der Waals surface area contributed by atoms with Crippen molar-refractivity contribution in [2.75, 3.05) is 13.1 Å². The summed E-state index contributed by atoms with van der Waals surface area (Å²) in [5, 5.41) is 8.24. The fourth-order valence-electron chi connectivity index (χ4n) is 3.35. The van der Waals surface area contributed by atoms with Crippen LogP contribution in [0.4, 0.5) is 0 Å². The summed E-state index contributed by atoms with van der Waals surface area (Å²) in [5.74, 6) is 0.503. The molecule has 0 unspecified atom stereocenters. The van der Waals surface area contributed by atoms with Crippen molar-refractivity contribution in [1.82, 2.24) is 9.47 Å². The molecule has 1 saturated heterocycles. The first-order valence-corrected chi connectivity index (χ1v) is 8.90. The van der Waals surface area contributed by atoms with Gasteiger partial charge in [0, 0.05) is 24.7 Å². The number of fused-ring (bicyclic) bond motifs is 1. The van der Waals surface area contributed by atoms with Gasteiger partial charge in [0.05, 0.1) is 19.5 Å². The highest BCUT2D eigenvalue weighted by Crippen LogP contribution is 2.19. The van der Waals surface area contributed by atoms with Crippen molar-refractivity contribution in [3.05, 3.63) is 60.4 Å². The SMILES string of the molecule is Cn1c(-c2ccc(C=NN=C(N)N3CCCC3)cc2)c[n+]2ccccc12. The van der Waals surface area contributed by atoms with Crippen molar-refractivity contribution >= 4 is 17.8 Å². The second-order valence-electron chi connectivity index (χ2n) is 6.56. The summed E-state index contributed by atoms with van der Waals surface area (Å²) in [4.78, 5) is 2.07. The Morgan fingerprint density at radius 2 is 1.88 bits per heavy atom. The van der Waals surface area contributed by atoms with Gasteiger partial charge in [-0.05, 0) is 36.6 Å². The lowest BCUT2D eigenvalue weighted by atomic mass is 10.1. The molecule has 0 radical (unpaired) electrons. The Morgan fingerprint density at radius 1 is 1.12 bits per heavy atom. The summed E-state index contributed by atoms with van der Waals surface area (Å²) in [6.07, 6.45) is 8.28. The molecule has 4 rings (SSSR count). The Kier molecular flexibility index (Phi) is 4.39. The Morgan fingerprint density at radius 3 is 2.62 bits per heavy atom. The van der Waals surface area contributed by atoms with E-state index in [-0.39, 0.29) is 0 Å². The zero-order valence-corrected chi connectivity index (χ0v) is 14.9. The lowest BCUT2D eigenvalue weighted by Crippen LogP contribution is -2.34. The van der Waals surface area contributed by atoms with E-state index in [9.17, 15) is 0 Å². The average molecular weight is 347 g/mol. The zero-order valence-electron chi connectivity index (χ0n) is 14.9. The normalized spacial score (nSPS) is 15.4.